The molecule has 0 saturated heterocycles. The van der Waals surface area contributed by atoms with E-state index in [-0.39, 0.29) is 16.5 Å². The number of hydrogen-bond acceptors (Lipinski definition) is 9. The molecular formula is C25H20N4O3S3. The molecule has 0 unspecified atom stereocenters. The second kappa shape index (κ2) is 10.3. The number of ether oxygens (including phenoxy) is 1. The Morgan fingerprint density at radius 2 is 1.83 bits per heavy atom. The van der Waals surface area contributed by atoms with Crippen LogP contribution in [-0.4, -0.2) is 28.5 Å². The van der Waals surface area contributed by atoms with Gasteiger partial charge >= 0.3 is 0 Å². The molecule has 5 aromatic rings. The summed E-state index contributed by atoms with van der Waals surface area (Å²) in [5.41, 5.74) is 3.72. The number of para-hydroxylation sites is 1. The van der Waals surface area contributed by atoms with Crippen molar-refractivity contribution in [3.8, 4) is 26.9 Å². The number of rotatable bonds is 9. The molecule has 3 aromatic heterocycles. The normalized spacial score (nSPS) is 11.8. The summed E-state index contributed by atoms with van der Waals surface area (Å²) in [7, 11) is 1.65. The fourth-order valence-corrected chi connectivity index (χ4v) is 6.11. The van der Waals surface area contributed by atoms with E-state index < -0.39 is 0 Å². The molecular weight excluding hydrogens is 501 g/mol. The molecule has 1 N–H and O–H groups in total. The average Bonchev–Trinajstić information content (AvgIpc) is 3.66. The first-order chi connectivity index (χ1) is 17.1. The molecule has 0 spiro atoms. The molecule has 3 heterocycles. The largest absolute Gasteiger partial charge is 0.496 e. The summed E-state index contributed by atoms with van der Waals surface area (Å²) in [5.74, 6) is 0.677. The van der Waals surface area contributed by atoms with Crippen LogP contribution in [0.3, 0.4) is 0 Å². The third kappa shape index (κ3) is 5.09. The third-order valence-electron chi connectivity index (χ3n) is 5.46. The number of nitro benzene ring substituents is 1. The summed E-state index contributed by atoms with van der Waals surface area (Å²) in [6.45, 7) is 0.546. The van der Waals surface area contributed by atoms with Crippen LogP contribution < -0.4 is 10.1 Å². The van der Waals surface area contributed by atoms with Crippen LogP contribution in [0.4, 0.5) is 10.8 Å². The highest BCUT2D eigenvalue weighted by atomic mass is 32.1. The fraction of sp³-hybridized carbons (Fsp3) is 0.120. The number of nitrogens with one attached hydrogen (secondary N) is 1. The number of aromatic nitrogens is 2. The van der Waals surface area contributed by atoms with Gasteiger partial charge in [0.05, 0.1) is 28.3 Å². The summed E-state index contributed by atoms with van der Waals surface area (Å²) >= 11 is 4.78. The van der Waals surface area contributed by atoms with Gasteiger partial charge in [-0.05, 0) is 29.1 Å². The van der Waals surface area contributed by atoms with E-state index in [0.29, 0.717) is 6.54 Å². The van der Waals surface area contributed by atoms with Gasteiger partial charge in [-0.1, -0.05) is 30.3 Å². The number of anilines is 1. The lowest BCUT2D eigenvalue weighted by atomic mass is 9.96. The summed E-state index contributed by atoms with van der Waals surface area (Å²) in [6.07, 6.45) is 0. The monoisotopic (exact) mass is 520 g/mol. The molecule has 0 amide bonds. The van der Waals surface area contributed by atoms with Crippen molar-refractivity contribution in [2.45, 2.75) is 5.92 Å². The van der Waals surface area contributed by atoms with Gasteiger partial charge in [-0.2, -0.15) is 0 Å². The Bertz CT molecular complexity index is 1430. The van der Waals surface area contributed by atoms with Crippen LogP contribution in [0.1, 0.15) is 17.2 Å². The Balaban J connectivity index is 1.41. The van der Waals surface area contributed by atoms with Gasteiger partial charge in [0.1, 0.15) is 10.8 Å². The number of nitro groups is 1. The van der Waals surface area contributed by atoms with Crippen LogP contribution in [-0.2, 0) is 0 Å². The maximum atomic E-state index is 11.1. The average molecular weight is 521 g/mol. The van der Waals surface area contributed by atoms with Crippen LogP contribution in [0.25, 0.3) is 21.1 Å². The number of thiazole rings is 2. The lowest BCUT2D eigenvalue weighted by Gasteiger charge is -2.16. The first-order valence-corrected chi connectivity index (χ1v) is 13.3. The standard InChI is InChI=1S/C25H20N4O3S3/c1-32-22-6-3-2-5-18(22)20-15-35-25(28-20)26-13-19(16-8-10-17(11-9-16)29(30)31)21-14-34-24(27-21)23-7-4-12-33-23/h2-12,14-15,19H,13H2,1H3,(H,26,28)/t19-/m0/s1. The molecule has 7 nitrogen and oxygen atoms in total. The predicted molar refractivity (Wildman–Crippen MR) is 143 cm³/mol. The van der Waals surface area contributed by atoms with E-state index in [1.54, 1.807) is 41.9 Å². The predicted octanol–water partition coefficient (Wildman–Crippen LogP) is 7.16. The highest BCUT2D eigenvalue weighted by Crippen LogP contribution is 2.35. The van der Waals surface area contributed by atoms with Gasteiger partial charge < -0.3 is 10.1 Å². The smallest absolute Gasteiger partial charge is 0.269 e. The van der Waals surface area contributed by atoms with Crippen LogP contribution in [0.15, 0.2) is 76.8 Å². The number of non-ortho nitro benzene ring substituents is 1. The minimum Gasteiger partial charge on any atom is -0.496 e. The van der Waals surface area contributed by atoms with Gasteiger partial charge in [-0.15, -0.1) is 34.0 Å². The first kappa shape index (κ1) is 23.2. The number of methoxy groups -OCH3 is 1. The van der Waals surface area contributed by atoms with E-state index in [9.17, 15) is 10.1 Å². The molecule has 10 heteroatoms. The summed E-state index contributed by atoms with van der Waals surface area (Å²) < 4.78 is 5.47. The number of hydrogen-bond donors (Lipinski definition) is 1. The van der Waals surface area contributed by atoms with Crippen molar-refractivity contribution in [2.24, 2.45) is 0 Å². The van der Waals surface area contributed by atoms with Crippen molar-refractivity contribution in [1.29, 1.82) is 0 Å². The molecule has 1 atom stereocenters. The fourth-order valence-electron chi connectivity index (χ4n) is 3.71. The molecule has 2 aromatic carbocycles. The van der Waals surface area contributed by atoms with E-state index in [0.717, 1.165) is 43.3 Å². The molecule has 0 bridgehead atoms. The minimum atomic E-state index is -0.385. The molecule has 0 aliphatic carbocycles. The molecule has 5 rings (SSSR count). The van der Waals surface area contributed by atoms with Crippen LogP contribution in [0.2, 0.25) is 0 Å². The van der Waals surface area contributed by atoms with E-state index in [2.05, 4.69) is 16.8 Å². The van der Waals surface area contributed by atoms with Gasteiger partial charge in [0.2, 0.25) is 0 Å². The van der Waals surface area contributed by atoms with Crippen molar-refractivity contribution in [3.05, 3.63) is 98.2 Å². The first-order valence-electron chi connectivity index (χ1n) is 10.7. The Morgan fingerprint density at radius 3 is 2.57 bits per heavy atom. The lowest BCUT2D eigenvalue weighted by Crippen LogP contribution is -2.14. The van der Waals surface area contributed by atoms with Crippen molar-refractivity contribution >= 4 is 44.8 Å². The van der Waals surface area contributed by atoms with E-state index in [4.69, 9.17) is 14.7 Å². The third-order valence-corrected chi connectivity index (χ3v) is 8.16. The number of thiophene rings is 1. The topological polar surface area (TPSA) is 90.2 Å². The highest BCUT2D eigenvalue weighted by Gasteiger charge is 2.20. The molecule has 176 valence electrons. The van der Waals surface area contributed by atoms with E-state index >= 15 is 0 Å². The molecule has 0 saturated carbocycles. The maximum Gasteiger partial charge on any atom is 0.269 e. The Hall–Kier alpha value is -3.60. The van der Waals surface area contributed by atoms with Gasteiger partial charge in [-0.3, -0.25) is 10.1 Å². The van der Waals surface area contributed by atoms with Crippen molar-refractivity contribution in [2.75, 3.05) is 19.0 Å². The van der Waals surface area contributed by atoms with Gasteiger partial charge in [0.15, 0.2) is 5.13 Å². The number of nitrogens with zero attached hydrogens (tertiary/aromatic N) is 3. The zero-order chi connectivity index (χ0) is 24.2. The quantitative estimate of drug-likeness (QED) is 0.164. The van der Waals surface area contributed by atoms with Crippen LogP contribution in [0.5, 0.6) is 5.75 Å². The highest BCUT2D eigenvalue weighted by molar-refractivity contribution is 7.20. The van der Waals surface area contributed by atoms with Crippen molar-refractivity contribution in [1.82, 2.24) is 9.97 Å². The van der Waals surface area contributed by atoms with Gasteiger partial charge in [0, 0.05) is 40.9 Å². The van der Waals surface area contributed by atoms with Crippen molar-refractivity contribution < 1.29 is 9.66 Å². The van der Waals surface area contributed by atoms with Crippen LogP contribution in [0, 0.1) is 10.1 Å². The van der Waals surface area contributed by atoms with E-state index in [1.165, 1.54) is 23.5 Å². The second-order valence-electron chi connectivity index (χ2n) is 7.58. The zero-order valence-corrected chi connectivity index (χ0v) is 21.0. The number of benzene rings is 2. The minimum absolute atomic E-state index is 0.0689. The second-order valence-corrected chi connectivity index (χ2v) is 10.2. The summed E-state index contributed by atoms with van der Waals surface area (Å²) in [5, 5.41) is 22.4. The summed E-state index contributed by atoms with van der Waals surface area (Å²) in [4.78, 5) is 21.5. The Morgan fingerprint density at radius 1 is 1.00 bits per heavy atom. The van der Waals surface area contributed by atoms with Crippen LogP contribution >= 0.6 is 34.0 Å². The summed E-state index contributed by atoms with van der Waals surface area (Å²) in [6, 6.07) is 18.5. The molecule has 35 heavy (non-hydrogen) atoms. The molecule has 0 aliphatic heterocycles. The van der Waals surface area contributed by atoms with Gasteiger partial charge in [0.25, 0.3) is 5.69 Å². The zero-order valence-electron chi connectivity index (χ0n) is 18.6. The van der Waals surface area contributed by atoms with Gasteiger partial charge in [-0.25, -0.2) is 9.97 Å². The molecule has 0 radical (unpaired) electrons. The van der Waals surface area contributed by atoms with Crippen molar-refractivity contribution in [3.63, 3.8) is 0 Å². The maximum absolute atomic E-state index is 11.1. The molecule has 0 fully saturated rings. The Kier molecular flexibility index (Phi) is 6.84. The van der Waals surface area contributed by atoms with E-state index in [1.807, 2.05) is 41.1 Å². The lowest BCUT2D eigenvalue weighted by molar-refractivity contribution is -0.384. The SMILES string of the molecule is COc1ccccc1-c1csc(NC[C@@H](c2ccc([N+](=O)[O-])cc2)c2csc(-c3cccs3)n2)n1. The Labute approximate surface area is 213 Å². The molecule has 0 aliphatic rings.